The highest BCUT2D eigenvalue weighted by molar-refractivity contribution is 5.96. The Morgan fingerprint density at radius 3 is 2.33 bits per heavy atom. The van der Waals surface area contributed by atoms with Crippen LogP contribution in [0.4, 0.5) is 4.79 Å². The average molecular weight is 299 g/mol. The number of amides is 3. The Labute approximate surface area is 125 Å². The van der Waals surface area contributed by atoms with Crippen molar-refractivity contribution >= 4 is 17.9 Å². The number of hydrogen-bond donors (Lipinski definition) is 3. The minimum Gasteiger partial charge on any atom is -0.481 e. The molecule has 0 atom stereocenters. The van der Waals surface area contributed by atoms with Gasteiger partial charge >= 0.3 is 12.0 Å². The maximum absolute atomic E-state index is 11.6. The van der Waals surface area contributed by atoms with Crippen LogP contribution in [0.3, 0.4) is 0 Å². The fraction of sp³-hybridized carbons (Fsp3) is 0.786. The molecule has 0 bridgehead atoms. The van der Waals surface area contributed by atoms with Crippen LogP contribution < -0.4 is 10.6 Å². The lowest BCUT2D eigenvalue weighted by molar-refractivity contribution is -0.149. The van der Waals surface area contributed by atoms with Gasteiger partial charge in [0.05, 0.1) is 5.41 Å². The van der Waals surface area contributed by atoms with E-state index in [-0.39, 0.29) is 6.42 Å². The summed E-state index contributed by atoms with van der Waals surface area (Å²) in [7, 11) is 0. The zero-order chi connectivity index (χ0) is 15.9. The van der Waals surface area contributed by atoms with Gasteiger partial charge in [-0.3, -0.25) is 14.9 Å². The Morgan fingerprint density at radius 2 is 1.76 bits per heavy atom. The van der Waals surface area contributed by atoms with Crippen LogP contribution in [0.25, 0.3) is 0 Å². The summed E-state index contributed by atoms with van der Waals surface area (Å²) in [5.74, 6) is -1.65. The van der Waals surface area contributed by atoms with Gasteiger partial charge in [0.25, 0.3) is 0 Å². The van der Waals surface area contributed by atoms with E-state index in [2.05, 4.69) is 15.5 Å². The predicted octanol–water partition coefficient (Wildman–Crippen LogP) is 0.799. The number of imide groups is 1. The first-order valence-corrected chi connectivity index (χ1v) is 7.35. The first-order chi connectivity index (χ1) is 9.81. The van der Waals surface area contributed by atoms with E-state index in [4.69, 9.17) is 5.11 Å². The highest BCUT2D eigenvalue weighted by atomic mass is 16.4. The van der Waals surface area contributed by atoms with Crippen LogP contribution >= 0.6 is 0 Å². The molecule has 3 amide bonds. The van der Waals surface area contributed by atoms with Gasteiger partial charge in [0.15, 0.2) is 0 Å². The quantitative estimate of drug-likeness (QED) is 0.674. The van der Waals surface area contributed by atoms with Gasteiger partial charge in [-0.15, -0.1) is 0 Å². The van der Waals surface area contributed by atoms with Crippen molar-refractivity contribution in [2.24, 2.45) is 5.41 Å². The number of likely N-dealkylation sites (tertiary alicyclic amines) is 1. The first-order valence-electron chi connectivity index (χ1n) is 7.35. The van der Waals surface area contributed by atoms with Crippen molar-refractivity contribution in [1.29, 1.82) is 0 Å². The molecule has 21 heavy (non-hydrogen) atoms. The summed E-state index contributed by atoms with van der Waals surface area (Å²) in [5.41, 5.74) is -1.18. The summed E-state index contributed by atoms with van der Waals surface area (Å²) in [6, 6.07) is -0.571. The molecule has 1 aliphatic rings. The van der Waals surface area contributed by atoms with Crippen LogP contribution in [0, 0.1) is 5.41 Å². The number of nitrogens with zero attached hydrogens (tertiary/aromatic N) is 1. The van der Waals surface area contributed by atoms with E-state index in [0.29, 0.717) is 6.54 Å². The van der Waals surface area contributed by atoms with E-state index in [0.717, 1.165) is 19.6 Å². The largest absolute Gasteiger partial charge is 0.481 e. The maximum Gasteiger partial charge on any atom is 0.321 e. The Bertz CT molecular complexity index is 390. The molecular formula is C14H25N3O4. The smallest absolute Gasteiger partial charge is 0.321 e. The van der Waals surface area contributed by atoms with Crippen LogP contribution in [0.1, 0.15) is 39.5 Å². The fourth-order valence-corrected chi connectivity index (χ4v) is 2.20. The molecule has 0 aliphatic carbocycles. The number of hydrogen-bond acceptors (Lipinski definition) is 4. The fourth-order valence-electron chi connectivity index (χ4n) is 2.20. The maximum atomic E-state index is 11.6. The lowest BCUT2D eigenvalue weighted by atomic mass is 9.89. The Morgan fingerprint density at radius 1 is 1.14 bits per heavy atom. The van der Waals surface area contributed by atoms with Crippen molar-refractivity contribution in [3.63, 3.8) is 0 Å². The Balaban J connectivity index is 2.20. The molecule has 7 nitrogen and oxygen atoms in total. The van der Waals surface area contributed by atoms with Crippen molar-refractivity contribution in [1.82, 2.24) is 15.5 Å². The van der Waals surface area contributed by atoms with Crippen molar-refractivity contribution < 1.29 is 19.5 Å². The minimum atomic E-state index is -1.18. The SMILES string of the molecule is CC(C)(CC(=O)NC(=O)NCCN1CCCCC1)C(=O)O. The lowest BCUT2D eigenvalue weighted by Crippen LogP contribution is -2.45. The molecule has 1 aliphatic heterocycles. The summed E-state index contributed by atoms with van der Waals surface area (Å²) in [5, 5.41) is 13.7. The van der Waals surface area contributed by atoms with Gasteiger partial charge in [-0.25, -0.2) is 4.79 Å². The Kier molecular flexibility index (Phi) is 6.61. The molecule has 1 saturated heterocycles. The molecule has 3 N–H and O–H groups in total. The van der Waals surface area contributed by atoms with E-state index in [9.17, 15) is 14.4 Å². The average Bonchev–Trinajstić information content (AvgIpc) is 2.38. The third kappa shape index (κ3) is 6.57. The second-order valence-corrected chi connectivity index (χ2v) is 6.07. The Hall–Kier alpha value is -1.63. The van der Waals surface area contributed by atoms with E-state index in [1.807, 2.05) is 0 Å². The molecule has 1 heterocycles. The number of carboxylic acids is 1. The van der Waals surface area contributed by atoms with Crippen LogP contribution in [0.5, 0.6) is 0 Å². The van der Waals surface area contributed by atoms with Crippen molar-refractivity contribution in [2.75, 3.05) is 26.2 Å². The van der Waals surface area contributed by atoms with Gasteiger partial charge in [-0.1, -0.05) is 6.42 Å². The number of carbonyl (C=O) groups is 3. The molecule has 0 spiro atoms. The van der Waals surface area contributed by atoms with Gasteiger partial charge in [-0.05, 0) is 39.8 Å². The van der Waals surface area contributed by atoms with Crippen LogP contribution in [0.15, 0.2) is 0 Å². The topological polar surface area (TPSA) is 98.7 Å². The lowest BCUT2D eigenvalue weighted by Gasteiger charge is -2.26. The molecule has 7 heteroatoms. The summed E-state index contributed by atoms with van der Waals surface area (Å²) in [6.07, 6.45) is 3.41. The van der Waals surface area contributed by atoms with E-state index in [1.54, 1.807) is 0 Å². The molecule has 0 unspecified atom stereocenters. The van der Waals surface area contributed by atoms with Gasteiger partial charge in [0.1, 0.15) is 0 Å². The molecule has 1 fully saturated rings. The van der Waals surface area contributed by atoms with Gasteiger partial charge in [0, 0.05) is 19.5 Å². The number of aliphatic carboxylic acids is 1. The number of nitrogens with one attached hydrogen (secondary N) is 2. The van der Waals surface area contributed by atoms with Gasteiger partial charge in [-0.2, -0.15) is 0 Å². The summed E-state index contributed by atoms with van der Waals surface area (Å²) in [6.45, 7) is 6.24. The third-order valence-electron chi connectivity index (χ3n) is 3.60. The predicted molar refractivity (Wildman–Crippen MR) is 77.9 cm³/mol. The molecule has 0 aromatic carbocycles. The molecule has 120 valence electrons. The molecular weight excluding hydrogens is 274 g/mol. The van der Waals surface area contributed by atoms with E-state index >= 15 is 0 Å². The highest BCUT2D eigenvalue weighted by Gasteiger charge is 2.30. The zero-order valence-electron chi connectivity index (χ0n) is 12.8. The molecule has 1 rings (SSSR count). The summed E-state index contributed by atoms with van der Waals surface area (Å²) >= 11 is 0. The molecule has 0 saturated carbocycles. The second kappa shape index (κ2) is 7.97. The van der Waals surface area contributed by atoms with Gasteiger partial charge < -0.3 is 15.3 Å². The second-order valence-electron chi connectivity index (χ2n) is 6.07. The number of rotatable bonds is 6. The van der Waals surface area contributed by atoms with Crippen molar-refractivity contribution in [3.05, 3.63) is 0 Å². The van der Waals surface area contributed by atoms with Crippen LogP contribution in [0.2, 0.25) is 0 Å². The third-order valence-corrected chi connectivity index (χ3v) is 3.60. The summed E-state index contributed by atoms with van der Waals surface area (Å²) < 4.78 is 0. The van der Waals surface area contributed by atoms with Crippen LogP contribution in [-0.4, -0.2) is 54.1 Å². The zero-order valence-corrected chi connectivity index (χ0v) is 12.8. The highest BCUT2D eigenvalue weighted by Crippen LogP contribution is 2.19. The minimum absolute atomic E-state index is 0.234. The number of carboxylic acid groups (broad SMARTS) is 1. The van der Waals surface area contributed by atoms with E-state index in [1.165, 1.54) is 33.1 Å². The molecule has 0 aromatic heterocycles. The normalized spacial score (nSPS) is 16.3. The number of carbonyl (C=O) groups excluding carboxylic acids is 2. The van der Waals surface area contributed by atoms with Gasteiger partial charge in [0.2, 0.25) is 5.91 Å². The van der Waals surface area contributed by atoms with E-state index < -0.39 is 23.3 Å². The van der Waals surface area contributed by atoms with Crippen LogP contribution in [-0.2, 0) is 9.59 Å². The van der Waals surface area contributed by atoms with Crippen molar-refractivity contribution in [2.45, 2.75) is 39.5 Å². The number of urea groups is 1. The monoisotopic (exact) mass is 299 g/mol. The molecule has 0 aromatic rings. The van der Waals surface area contributed by atoms with Crippen molar-refractivity contribution in [3.8, 4) is 0 Å². The number of piperidine rings is 1. The standard InChI is InChI=1S/C14H25N3O4/c1-14(2,12(19)20)10-11(18)16-13(21)15-6-9-17-7-4-3-5-8-17/h3-10H2,1-2H3,(H,19,20)(H2,15,16,18,21). The summed E-state index contributed by atoms with van der Waals surface area (Å²) in [4.78, 5) is 36.3. The molecule has 0 radical (unpaired) electrons. The first kappa shape index (κ1) is 17.4.